The van der Waals surface area contributed by atoms with E-state index in [-0.39, 0.29) is 0 Å². The zero-order valence-electron chi connectivity index (χ0n) is 9.84. The van der Waals surface area contributed by atoms with Crippen molar-refractivity contribution in [1.29, 1.82) is 0 Å². The standard InChI is InChI=1S/C12H24N2/c1-10(2)8-13-11(3)12-6-5-7-14(4)9-12/h11-13H,1,5-9H2,2-4H3. The van der Waals surface area contributed by atoms with Gasteiger partial charge in [0, 0.05) is 19.1 Å². The third-order valence-corrected chi connectivity index (χ3v) is 3.09. The second-order valence-corrected chi connectivity index (χ2v) is 4.79. The zero-order chi connectivity index (χ0) is 10.6. The molecule has 2 unspecified atom stereocenters. The van der Waals surface area contributed by atoms with Crippen molar-refractivity contribution in [2.24, 2.45) is 5.92 Å². The first-order valence-corrected chi connectivity index (χ1v) is 5.66. The maximum absolute atomic E-state index is 3.91. The molecule has 0 aromatic rings. The Labute approximate surface area is 88.4 Å². The maximum Gasteiger partial charge on any atom is 0.0161 e. The van der Waals surface area contributed by atoms with Crippen molar-refractivity contribution in [2.75, 3.05) is 26.7 Å². The van der Waals surface area contributed by atoms with E-state index in [0.717, 1.165) is 12.5 Å². The molecule has 1 N–H and O–H groups in total. The normalized spacial score (nSPS) is 26.1. The third-order valence-electron chi connectivity index (χ3n) is 3.09. The van der Waals surface area contributed by atoms with E-state index in [1.165, 1.54) is 31.5 Å². The molecule has 1 aliphatic rings. The zero-order valence-corrected chi connectivity index (χ0v) is 9.84. The molecule has 0 aromatic carbocycles. The van der Waals surface area contributed by atoms with Gasteiger partial charge in [0.15, 0.2) is 0 Å². The van der Waals surface area contributed by atoms with Crippen molar-refractivity contribution >= 4 is 0 Å². The van der Waals surface area contributed by atoms with Gasteiger partial charge in [0.25, 0.3) is 0 Å². The highest BCUT2D eigenvalue weighted by molar-refractivity contribution is 4.92. The Morgan fingerprint density at radius 2 is 2.36 bits per heavy atom. The van der Waals surface area contributed by atoms with Gasteiger partial charge in [-0.25, -0.2) is 0 Å². The Balaban J connectivity index is 2.28. The van der Waals surface area contributed by atoms with Crippen LogP contribution in [0.5, 0.6) is 0 Å². The van der Waals surface area contributed by atoms with E-state index in [0.29, 0.717) is 6.04 Å². The molecule has 0 bridgehead atoms. The number of likely N-dealkylation sites (tertiary alicyclic amines) is 1. The van der Waals surface area contributed by atoms with Crippen molar-refractivity contribution in [1.82, 2.24) is 10.2 Å². The minimum atomic E-state index is 0.620. The van der Waals surface area contributed by atoms with Gasteiger partial charge in [-0.2, -0.15) is 0 Å². The molecule has 0 spiro atoms. The summed E-state index contributed by atoms with van der Waals surface area (Å²) in [5.41, 5.74) is 1.22. The molecule has 0 amide bonds. The van der Waals surface area contributed by atoms with Crippen LogP contribution in [0.2, 0.25) is 0 Å². The molecule has 1 fully saturated rings. The number of nitrogens with zero attached hydrogens (tertiary/aromatic N) is 1. The molecule has 1 aliphatic heterocycles. The van der Waals surface area contributed by atoms with Gasteiger partial charge >= 0.3 is 0 Å². The number of nitrogens with one attached hydrogen (secondary N) is 1. The summed E-state index contributed by atoms with van der Waals surface area (Å²) in [5.74, 6) is 0.813. The van der Waals surface area contributed by atoms with Crippen molar-refractivity contribution in [3.05, 3.63) is 12.2 Å². The average molecular weight is 196 g/mol. The van der Waals surface area contributed by atoms with Gasteiger partial charge in [-0.05, 0) is 46.2 Å². The molecule has 14 heavy (non-hydrogen) atoms. The molecule has 2 nitrogen and oxygen atoms in total. The van der Waals surface area contributed by atoms with E-state index in [9.17, 15) is 0 Å². The van der Waals surface area contributed by atoms with Gasteiger partial charge < -0.3 is 10.2 Å². The Morgan fingerprint density at radius 1 is 1.64 bits per heavy atom. The number of hydrogen-bond acceptors (Lipinski definition) is 2. The van der Waals surface area contributed by atoms with E-state index in [1.807, 2.05) is 0 Å². The summed E-state index contributed by atoms with van der Waals surface area (Å²) in [6.07, 6.45) is 2.72. The summed E-state index contributed by atoms with van der Waals surface area (Å²) in [6.45, 7) is 11.8. The molecule has 2 heteroatoms. The van der Waals surface area contributed by atoms with E-state index in [4.69, 9.17) is 0 Å². The lowest BCUT2D eigenvalue weighted by atomic mass is 9.92. The van der Waals surface area contributed by atoms with Gasteiger partial charge in [-0.1, -0.05) is 12.2 Å². The maximum atomic E-state index is 3.91. The van der Waals surface area contributed by atoms with Crippen LogP contribution in [-0.4, -0.2) is 37.6 Å². The van der Waals surface area contributed by atoms with Crippen LogP contribution in [0.25, 0.3) is 0 Å². The first-order chi connectivity index (χ1) is 6.59. The molecule has 82 valence electrons. The summed E-state index contributed by atoms with van der Waals surface area (Å²) < 4.78 is 0. The Kier molecular flexibility index (Phi) is 4.63. The van der Waals surface area contributed by atoms with E-state index >= 15 is 0 Å². The summed E-state index contributed by atoms with van der Waals surface area (Å²) >= 11 is 0. The second-order valence-electron chi connectivity index (χ2n) is 4.79. The quantitative estimate of drug-likeness (QED) is 0.691. The Morgan fingerprint density at radius 3 is 2.93 bits per heavy atom. The SMILES string of the molecule is C=C(C)CNC(C)C1CCCN(C)C1. The highest BCUT2D eigenvalue weighted by Gasteiger charge is 2.21. The van der Waals surface area contributed by atoms with Crippen LogP contribution in [0, 0.1) is 5.92 Å². The molecule has 1 rings (SSSR count). The molecule has 1 saturated heterocycles. The van der Waals surface area contributed by atoms with Crippen LogP contribution in [0.1, 0.15) is 26.7 Å². The van der Waals surface area contributed by atoms with Crippen LogP contribution >= 0.6 is 0 Å². The predicted octanol–water partition coefficient (Wildman–Crippen LogP) is 1.88. The third kappa shape index (κ3) is 3.81. The van der Waals surface area contributed by atoms with E-state index in [2.05, 4.69) is 37.7 Å². The van der Waals surface area contributed by atoms with Gasteiger partial charge in [-0.3, -0.25) is 0 Å². The summed E-state index contributed by atoms with van der Waals surface area (Å²) in [7, 11) is 2.22. The molecular weight excluding hydrogens is 172 g/mol. The molecular formula is C12H24N2. The lowest BCUT2D eigenvalue weighted by Crippen LogP contribution is -2.43. The average Bonchev–Trinajstić information content (AvgIpc) is 2.14. The molecule has 0 radical (unpaired) electrons. The highest BCUT2D eigenvalue weighted by atomic mass is 15.1. The van der Waals surface area contributed by atoms with Crippen LogP contribution in [0.4, 0.5) is 0 Å². The number of piperidine rings is 1. The first-order valence-electron chi connectivity index (χ1n) is 5.66. The van der Waals surface area contributed by atoms with Crippen molar-refractivity contribution in [3.63, 3.8) is 0 Å². The topological polar surface area (TPSA) is 15.3 Å². The molecule has 2 atom stereocenters. The van der Waals surface area contributed by atoms with E-state index in [1.54, 1.807) is 0 Å². The molecule has 1 heterocycles. The summed E-state index contributed by atoms with van der Waals surface area (Å²) in [6, 6.07) is 0.620. The van der Waals surface area contributed by atoms with Crippen molar-refractivity contribution in [2.45, 2.75) is 32.7 Å². The smallest absolute Gasteiger partial charge is 0.0161 e. The predicted molar refractivity (Wildman–Crippen MR) is 62.5 cm³/mol. The van der Waals surface area contributed by atoms with Crippen LogP contribution < -0.4 is 5.32 Å². The van der Waals surface area contributed by atoms with Crippen LogP contribution in [-0.2, 0) is 0 Å². The van der Waals surface area contributed by atoms with Crippen molar-refractivity contribution in [3.8, 4) is 0 Å². The monoisotopic (exact) mass is 196 g/mol. The fraction of sp³-hybridized carbons (Fsp3) is 0.833. The van der Waals surface area contributed by atoms with Gasteiger partial charge in [0.1, 0.15) is 0 Å². The Bertz CT molecular complexity index is 189. The fourth-order valence-corrected chi connectivity index (χ4v) is 2.12. The number of hydrogen-bond donors (Lipinski definition) is 1. The van der Waals surface area contributed by atoms with Gasteiger partial charge in [0.05, 0.1) is 0 Å². The lowest BCUT2D eigenvalue weighted by molar-refractivity contribution is 0.180. The largest absolute Gasteiger partial charge is 0.310 e. The first kappa shape index (κ1) is 11.7. The molecule has 0 saturated carbocycles. The minimum Gasteiger partial charge on any atom is -0.310 e. The van der Waals surface area contributed by atoms with Crippen molar-refractivity contribution < 1.29 is 0 Å². The lowest BCUT2D eigenvalue weighted by Gasteiger charge is -2.34. The Hall–Kier alpha value is -0.340. The van der Waals surface area contributed by atoms with Gasteiger partial charge in [-0.15, -0.1) is 0 Å². The summed E-state index contributed by atoms with van der Waals surface area (Å²) in [5, 5.41) is 3.55. The molecule has 0 aliphatic carbocycles. The van der Waals surface area contributed by atoms with Crippen LogP contribution in [0.15, 0.2) is 12.2 Å². The second kappa shape index (κ2) is 5.52. The van der Waals surface area contributed by atoms with Gasteiger partial charge in [0.2, 0.25) is 0 Å². The highest BCUT2D eigenvalue weighted by Crippen LogP contribution is 2.18. The number of rotatable bonds is 4. The molecule has 0 aromatic heterocycles. The minimum absolute atomic E-state index is 0.620. The summed E-state index contributed by atoms with van der Waals surface area (Å²) in [4.78, 5) is 2.44. The fourth-order valence-electron chi connectivity index (χ4n) is 2.12. The van der Waals surface area contributed by atoms with Crippen LogP contribution in [0.3, 0.4) is 0 Å². The van der Waals surface area contributed by atoms with E-state index < -0.39 is 0 Å².